The molecule has 0 unspecified atom stereocenters. The van der Waals surface area contributed by atoms with E-state index in [9.17, 15) is 5.21 Å². The molecule has 140 valence electrons. The number of benzene rings is 1. The lowest BCUT2D eigenvalue weighted by Crippen LogP contribution is -2.28. The van der Waals surface area contributed by atoms with Crippen LogP contribution in [0.3, 0.4) is 0 Å². The predicted molar refractivity (Wildman–Crippen MR) is 97.9 cm³/mol. The van der Waals surface area contributed by atoms with Crippen LogP contribution in [0.15, 0.2) is 32.4 Å². The quantitative estimate of drug-likeness (QED) is 0.513. The van der Waals surface area contributed by atoms with E-state index in [-0.39, 0.29) is 0 Å². The van der Waals surface area contributed by atoms with Crippen LogP contribution in [0.25, 0.3) is 21.9 Å². The van der Waals surface area contributed by atoms with E-state index in [4.69, 9.17) is 18.3 Å². The van der Waals surface area contributed by atoms with Crippen molar-refractivity contribution in [1.29, 1.82) is 0 Å². The van der Waals surface area contributed by atoms with Gasteiger partial charge in [-0.2, -0.15) is 0 Å². The average molecular weight is 360 g/mol. The van der Waals surface area contributed by atoms with Crippen molar-refractivity contribution >= 4 is 21.9 Å². The van der Waals surface area contributed by atoms with Gasteiger partial charge in [0.05, 0.1) is 24.1 Å². The minimum absolute atomic E-state index is 0.364. The molecule has 3 rings (SSSR count). The lowest BCUT2D eigenvalue weighted by Gasteiger charge is -2.19. The highest BCUT2D eigenvalue weighted by Gasteiger charge is 2.22. The third-order valence-corrected chi connectivity index (χ3v) is 4.50. The van der Waals surface area contributed by atoms with Gasteiger partial charge < -0.3 is 28.4 Å². The Bertz CT molecular complexity index is 969. The van der Waals surface area contributed by atoms with Crippen LogP contribution in [-0.2, 0) is 0 Å². The molecule has 0 radical (unpaired) electrons. The second-order valence-electron chi connectivity index (χ2n) is 5.95. The molecule has 0 amide bonds. The molecule has 26 heavy (non-hydrogen) atoms. The van der Waals surface area contributed by atoms with Gasteiger partial charge in [-0.15, -0.1) is 0 Å². The van der Waals surface area contributed by atoms with Crippen LogP contribution < -0.4 is 14.8 Å². The zero-order chi connectivity index (χ0) is 18.7. The number of hydrogen-bond acceptors (Lipinski definition) is 7. The van der Waals surface area contributed by atoms with Gasteiger partial charge in [0, 0.05) is 12.6 Å². The number of nitrogens with zero attached hydrogens (tertiary/aromatic N) is 2. The van der Waals surface area contributed by atoms with Crippen LogP contribution in [0.5, 0.6) is 11.5 Å². The van der Waals surface area contributed by atoms with E-state index >= 15 is 0 Å². The van der Waals surface area contributed by atoms with Crippen LogP contribution in [0, 0.1) is 6.92 Å². The highest BCUT2D eigenvalue weighted by atomic mass is 16.5. The SMILES string of the molecule is CCN(CC)CCOc1c2ccoc2c(OC)c2oc(C)cc(=NO)c12. The van der Waals surface area contributed by atoms with E-state index in [0.717, 1.165) is 25.0 Å². The zero-order valence-electron chi connectivity index (χ0n) is 15.5. The predicted octanol–water partition coefficient (Wildman–Crippen LogP) is 3.51. The van der Waals surface area contributed by atoms with Gasteiger partial charge in [-0.25, -0.2) is 0 Å². The van der Waals surface area contributed by atoms with Gasteiger partial charge >= 0.3 is 0 Å². The maximum atomic E-state index is 9.52. The highest BCUT2D eigenvalue weighted by Crippen LogP contribution is 2.42. The summed E-state index contributed by atoms with van der Waals surface area (Å²) in [6.45, 7) is 9.19. The van der Waals surface area contributed by atoms with E-state index in [2.05, 4.69) is 23.9 Å². The minimum Gasteiger partial charge on any atom is -0.491 e. The number of aryl methyl sites for hydroxylation is 1. The maximum Gasteiger partial charge on any atom is 0.206 e. The van der Waals surface area contributed by atoms with Crippen LogP contribution in [0.2, 0.25) is 0 Å². The van der Waals surface area contributed by atoms with Crippen molar-refractivity contribution in [2.75, 3.05) is 33.4 Å². The molecule has 0 aliphatic carbocycles. The van der Waals surface area contributed by atoms with Crippen molar-refractivity contribution < 1.29 is 23.5 Å². The first-order valence-corrected chi connectivity index (χ1v) is 8.69. The molecule has 1 N–H and O–H groups in total. The Hall–Kier alpha value is -2.67. The Kier molecular flexibility index (Phi) is 5.37. The molecular formula is C19H24N2O5. The fraction of sp³-hybridized carbons (Fsp3) is 0.421. The first-order valence-electron chi connectivity index (χ1n) is 8.69. The van der Waals surface area contributed by atoms with Gasteiger partial charge in [-0.1, -0.05) is 19.0 Å². The average Bonchev–Trinajstić information content (AvgIpc) is 3.13. The van der Waals surface area contributed by atoms with Crippen LogP contribution >= 0.6 is 0 Å². The van der Waals surface area contributed by atoms with Gasteiger partial charge in [-0.05, 0) is 26.1 Å². The molecule has 0 bridgehead atoms. The fourth-order valence-electron chi connectivity index (χ4n) is 3.13. The lowest BCUT2D eigenvalue weighted by atomic mass is 10.1. The van der Waals surface area contributed by atoms with Crippen LogP contribution in [0.4, 0.5) is 0 Å². The van der Waals surface area contributed by atoms with Crippen molar-refractivity contribution in [3.8, 4) is 11.5 Å². The first kappa shape index (κ1) is 18.1. The topological polar surface area (TPSA) is 80.6 Å². The van der Waals surface area contributed by atoms with E-state index in [1.807, 2.05) is 6.07 Å². The third-order valence-electron chi connectivity index (χ3n) is 4.50. The van der Waals surface area contributed by atoms with Crippen molar-refractivity contribution in [3.63, 3.8) is 0 Å². The summed E-state index contributed by atoms with van der Waals surface area (Å²) in [6.07, 6.45) is 1.58. The summed E-state index contributed by atoms with van der Waals surface area (Å²) < 4.78 is 23.1. The minimum atomic E-state index is 0.364. The molecule has 2 aromatic heterocycles. The monoisotopic (exact) mass is 360 g/mol. The summed E-state index contributed by atoms with van der Waals surface area (Å²) in [5.41, 5.74) is 0.969. The second-order valence-corrected chi connectivity index (χ2v) is 5.95. The number of likely N-dealkylation sites (N-methyl/N-ethyl adjacent to an activating group) is 1. The van der Waals surface area contributed by atoms with E-state index < -0.39 is 0 Å². The molecule has 0 atom stereocenters. The molecule has 7 heteroatoms. The molecule has 7 nitrogen and oxygen atoms in total. The molecule has 2 heterocycles. The van der Waals surface area contributed by atoms with Crippen molar-refractivity contribution in [2.45, 2.75) is 20.8 Å². The zero-order valence-corrected chi connectivity index (χ0v) is 15.5. The summed E-state index contributed by atoms with van der Waals surface area (Å²) in [6, 6.07) is 3.47. The summed E-state index contributed by atoms with van der Waals surface area (Å²) in [4.78, 5) is 2.27. The Morgan fingerprint density at radius 2 is 1.96 bits per heavy atom. The third kappa shape index (κ3) is 3.10. The number of furan rings is 1. The standard InChI is InChI=1S/C19H24N2O5/c1-5-21(6-2)8-10-25-16-13-7-9-24-17(13)19(23-4)18-15(16)14(20-22)11-12(3)26-18/h7,9,11,22H,5-6,8,10H2,1-4H3. The fourth-order valence-corrected chi connectivity index (χ4v) is 3.13. The van der Waals surface area contributed by atoms with Gasteiger partial charge in [0.1, 0.15) is 23.5 Å². The van der Waals surface area contributed by atoms with Gasteiger partial charge in [0.15, 0.2) is 11.2 Å². The number of fused-ring (bicyclic) bond motifs is 2. The Balaban J connectivity index is 2.20. The number of methoxy groups -OCH3 is 1. The Labute approximate surface area is 151 Å². The molecular weight excluding hydrogens is 336 g/mol. The van der Waals surface area contributed by atoms with Gasteiger partial charge in [0.25, 0.3) is 0 Å². The van der Waals surface area contributed by atoms with Gasteiger partial charge in [0.2, 0.25) is 5.75 Å². The normalized spacial score (nSPS) is 12.4. The maximum absolute atomic E-state index is 9.52. The number of rotatable bonds is 7. The Morgan fingerprint density at radius 3 is 2.62 bits per heavy atom. The Morgan fingerprint density at radius 1 is 1.19 bits per heavy atom. The smallest absolute Gasteiger partial charge is 0.206 e. The molecule has 1 aromatic carbocycles. The molecule has 0 aliphatic heterocycles. The van der Waals surface area contributed by atoms with Crippen molar-refractivity contribution in [2.24, 2.45) is 5.16 Å². The first-order chi connectivity index (χ1) is 12.6. The molecule has 0 saturated carbocycles. The van der Waals surface area contributed by atoms with E-state index in [1.165, 1.54) is 0 Å². The summed E-state index contributed by atoms with van der Waals surface area (Å²) in [5, 5.41) is 14.6. The van der Waals surface area contributed by atoms with Crippen molar-refractivity contribution in [1.82, 2.24) is 4.90 Å². The number of hydrogen-bond donors (Lipinski definition) is 1. The summed E-state index contributed by atoms with van der Waals surface area (Å²) in [7, 11) is 1.55. The largest absolute Gasteiger partial charge is 0.491 e. The van der Waals surface area contributed by atoms with Gasteiger partial charge in [-0.3, -0.25) is 0 Å². The molecule has 3 aromatic rings. The summed E-state index contributed by atoms with van der Waals surface area (Å²) >= 11 is 0. The van der Waals surface area contributed by atoms with Crippen LogP contribution in [-0.4, -0.2) is 43.5 Å². The summed E-state index contributed by atoms with van der Waals surface area (Å²) in [5.74, 6) is 1.60. The van der Waals surface area contributed by atoms with E-state index in [0.29, 0.717) is 45.8 Å². The molecule has 0 fully saturated rings. The second kappa shape index (κ2) is 7.70. The highest BCUT2D eigenvalue weighted by molar-refractivity contribution is 6.06. The number of ether oxygens (including phenoxy) is 2. The van der Waals surface area contributed by atoms with E-state index in [1.54, 1.807) is 26.4 Å². The molecule has 0 spiro atoms. The van der Waals surface area contributed by atoms with Crippen molar-refractivity contribution in [3.05, 3.63) is 29.5 Å². The van der Waals surface area contributed by atoms with Crippen LogP contribution in [0.1, 0.15) is 19.6 Å². The molecule has 0 aliphatic rings. The lowest BCUT2D eigenvalue weighted by molar-refractivity contribution is 0.225. The molecule has 0 saturated heterocycles.